The molecule has 1 aromatic heterocycles. The first-order valence-electron chi connectivity index (χ1n) is 10.4. The molecule has 31 heavy (non-hydrogen) atoms. The number of aromatic nitrogens is 2. The van der Waals surface area contributed by atoms with Gasteiger partial charge in [0.2, 0.25) is 0 Å². The molecule has 162 valence electrons. The van der Waals surface area contributed by atoms with E-state index in [4.69, 9.17) is 11.6 Å². The molecule has 0 spiro atoms. The topological polar surface area (TPSA) is 81.1 Å². The molecule has 1 aliphatic rings. The molecule has 8 heteroatoms. The number of amides is 1. The number of anilines is 1. The highest BCUT2D eigenvalue weighted by molar-refractivity contribution is 7.92. The van der Waals surface area contributed by atoms with Crippen LogP contribution in [-0.2, 0) is 16.3 Å². The number of carbonyl (C=O) groups excluding carboxylic acids is 1. The SMILES string of the molecule is CCc1c(C(=O)Nc2ccc(S(=O)(=O)C3CCCC3)cc2)cnn1-c1cccc(Cl)c1. The number of carbonyl (C=O) groups is 1. The van der Waals surface area contributed by atoms with Crippen LogP contribution in [0.15, 0.2) is 59.6 Å². The van der Waals surface area contributed by atoms with E-state index < -0.39 is 9.84 Å². The lowest BCUT2D eigenvalue weighted by Gasteiger charge is -2.12. The van der Waals surface area contributed by atoms with Gasteiger partial charge in [-0.15, -0.1) is 0 Å². The highest BCUT2D eigenvalue weighted by Crippen LogP contribution is 2.30. The molecule has 1 heterocycles. The summed E-state index contributed by atoms with van der Waals surface area (Å²) < 4.78 is 27.2. The van der Waals surface area contributed by atoms with E-state index in [1.54, 1.807) is 41.1 Å². The van der Waals surface area contributed by atoms with E-state index in [0.717, 1.165) is 37.1 Å². The molecule has 0 bridgehead atoms. The van der Waals surface area contributed by atoms with Gasteiger partial charge in [-0.05, 0) is 61.7 Å². The van der Waals surface area contributed by atoms with Gasteiger partial charge in [-0.2, -0.15) is 5.10 Å². The molecular formula is C23H24ClN3O3S. The summed E-state index contributed by atoms with van der Waals surface area (Å²) in [4.78, 5) is 13.2. The van der Waals surface area contributed by atoms with Crippen molar-refractivity contribution in [2.45, 2.75) is 49.2 Å². The van der Waals surface area contributed by atoms with Gasteiger partial charge in [0.15, 0.2) is 9.84 Å². The first kappa shape index (κ1) is 21.6. The molecule has 1 saturated carbocycles. The minimum Gasteiger partial charge on any atom is -0.322 e. The first-order chi connectivity index (χ1) is 14.9. The molecular weight excluding hydrogens is 434 g/mol. The van der Waals surface area contributed by atoms with E-state index in [0.29, 0.717) is 27.6 Å². The predicted octanol–water partition coefficient (Wildman–Crippen LogP) is 5.06. The van der Waals surface area contributed by atoms with Crippen molar-refractivity contribution in [1.29, 1.82) is 0 Å². The molecule has 0 radical (unpaired) electrons. The summed E-state index contributed by atoms with van der Waals surface area (Å²) in [5.41, 5.74) is 2.54. The van der Waals surface area contributed by atoms with Crippen molar-refractivity contribution >= 4 is 33.0 Å². The lowest BCUT2D eigenvalue weighted by molar-refractivity contribution is 0.102. The number of hydrogen-bond acceptors (Lipinski definition) is 4. The molecule has 3 aromatic rings. The Morgan fingerprint density at radius 3 is 2.52 bits per heavy atom. The Labute approximate surface area is 187 Å². The zero-order valence-corrected chi connectivity index (χ0v) is 18.8. The van der Waals surface area contributed by atoms with E-state index in [2.05, 4.69) is 10.4 Å². The van der Waals surface area contributed by atoms with Crippen LogP contribution in [0.5, 0.6) is 0 Å². The smallest absolute Gasteiger partial charge is 0.259 e. The van der Waals surface area contributed by atoms with Crippen LogP contribution in [-0.4, -0.2) is 29.4 Å². The Morgan fingerprint density at radius 1 is 1.16 bits per heavy atom. The van der Waals surface area contributed by atoms with Crippen LogP contribution in [0.25, 0.3) is 5.69 Å². The number of rotatable bonds is 6. The van der Waals surface area contributed by atoms with Gasteiger partial charge in [-0.25, -0.2) is 13.1 Å². The predicted molar refractivity (Wildman–Crippen MR) is 122 cm³/mol. The quantitative estimate of drug-likeness (QED) is 0.561. The van der Waals surface area contributed by atoms with Gasteiger partial charge >= 0.3 is 0 Å². The number of halogens is 1. The monoisotopic (exact) mass is 457 g/mol. The second kappa shape index (κ2) is 8.85. The van der Waals surface area contributed by atoms with Crippen LogP contribution in [0, 0.1) is 0 Å². The van der Waals surface area contributed by atoms with Gasteiger partial charge in [-0.1, -0.05) is 37.4 Å². The van der Waals surface area contributed by atoms with E-state index >= 15 is 0 Å². The van der Waals surface area contributed by atoms with E-state index in [1.165, 1.54) is 6.20 Å². The Morgan fingerprint density at radius 2 is 1.87 bits per heavy atom. The molecule has 1 aliphatic carbocycles. The van der Waals surface area contributed by atoms with Crippen LogP contribution < -0.4 is 5.32 Å². The molecule has 1 amide bonds. The number of nitrogens with one attached hydrogen (secondary N) is 1. The summed E-state index contributed by atoms with van der Waals surface area (Å²) in [5, 5.41) is 7.51. The fourth-order valence-electron chi connectivity index (χ4n) is 4.05. The Bertz CT molecular complexity index is 1200. The van der Waals surface area contributed by atoms with Crippen molar-refractivity contribution < 1.29 is 13.2 Å². The Hall–Kier alpha value is -2.64. The maximum Gasteiger partial charge on any atom is 0.259 e. The molecule has 2 aromatic carbocycles. The summed E-state index contributed by atoms with van der Waals surface area (Å²) in [6, 6.07) is 13.7. The van der Waals surface area contributed by atoms with Crippen molar-refractivity contribution in [2.75, 3.05) is 5.32 Å². The lowest BCUT2D eigenvalue weighted by Crippen LogP contribution is -2.18. The van der Waals surface area contributed by atoms with E-state index in [1.807, 2.05) is 19.1 Å². The minimum absolute atomic E-state index is 0.294. The minimum atomic E-state index is -3.31. The summed E-state index contributed by atoms with van der Waals surface area (Å²) in [5.74, 6) is -0.295. The first-order valence-corrected chi connectivity index (χ1v) is 12.3. The third kappa shape index (κ3) is 4.38. The Balaban J connectivity index is 1.53. The summed E-state index contributed by atoms with van der Waals surface area (Å²) in [6.07, 6.45) is 5.50. The third-order valence-corrected chi connectivity index (χ3v) is 8.20. The molecule has 6 nitrogen and oxygen atoms in total. The lowest BCUT2D eigenvalue weighted by atomic mass is 10.2. The molecule has 4 rings (SSSR count). The van der Waals surface area contributed by atoms with Crippen LogP contribution in [0.3, 0.4) is 0 Å². The molecule has 0 aliphatic heterocycles. The summed E-state index contributed by atoms with van der Waals surface area (Å²) in [7, 11) is -3.31. The number of nitrogens with zero attached hydrogens (tertiary/aromatic N) is 2. The second-order valence-corrected chi connectivity index (χ2v) is 10.3. The van der Waals surface area contributed by atoms with Gasteiger partial charge in [0.1, 0.15) is 0 Å². The highest BCUT2D eigenvalue weighted by Gasteiger charge is 2.30. The van der Waals surface area contributed by atoms with Crippen LogP contribution in [0.4, 0.5) is 5.69 Å². The molecule has 1 N–H and O–H groups in total. The van der Waals surface area contributed by atoms with Crippen molar-refractivity contribution in [3.05, 3.63) is 71.0 Å². The fraction of sp³-hybridized carbons (Fsp3) is 0.304. The third-order valence-electron chi connectivity index (χ3n) is 5.68. The number of hydrogen-bond donors (Lipinski definition) is 1. The summed E-state index contributed by atoms with van der Waals surface area (Å²) in [6.45, 7) is 1.96. The van der Waals surface area contributed by atoms with Gasteiger partial charge in [0, 0.05) is 10.7 Å². The second-order valence-electron chi connectivity index (χ2n) is 7.68. The standard InChI is InChI=1S/C23H24ClN3O3S/c1-2-22-21(15-25-27(22)18-7-5-6-16(24)14-18)23(28)26-17-10-12-20(13-11-17)31(29,30)19-8-3-4-9-19/h5-7,10-15,19H,2-4,8-9H2,1H3,(H,26,28). The average Bonchev–Trinajstić information content (AvgIpc) is 3.44. The maximum atomic E-state index is 12.9. The fourth-order valence-corrected chi connectivity index (χ4v) is 6.09. The van der Waals surface area contributed by atoms with Gasteiger partial charge in [-0.3, -0.25) is 4.79 Å². The zero-order valence-electron chi connectivity index (χ0n) is 17.2. The molecule has 0 saturated heterocycles. The highest BCUT2D eigenvalue weighted by atomic mass is 35.5. The van der Waals surface area contributed by atoms with Crippen LogP contribution >= 0.6 is 11.6 Å². The zero-order chi connectivity index (χ0) is 22.0. The van der Waals surface area contributed by atoms with Gasteiger partial charge < -0.3 is 5.32 Å². The van der Waals surface area contributed by atoms with E-state index in [9.17, 15) is 13.2 Å². The molecule has 0 atom stereocenters. The van der Waals surface area contributed by atoms with Crippen LogP contribution in [0.1, 0.15) is 48.7 Å². The van der Waals surface area contributed by atoms with Crippen molar-refractivity contribution in [1.82, 2.24) is 9.78 Å². The maximum absolute atomic E-state index is 12.9. The Kier molecular flexibility index (Phi) is 6.16. The average molecular weight is 458 g/mol. The van der Waals surface area contributed by atoms with Crippen molar-refractivity contribution in [3.63, 3.8) is 0 Å². The largest absolute Gasteiger partial charge is 0.322 e. The van der Waals surface area contributed by atoms with E-state index in [-0.39, 0.29) is 11.2 Å². The molecule has 0 unspecified atom stereocenters. The van der Waals surface area contributed by atoms with Crippen LogP contribution in [0.2, 0.25) is 5.02 Å². The van der Waals surface area contributed by atoms with Crippen molar-refractivity contribution in [3.8, 4) is 5.69 Å². The van der Waals surface area contributed by atoms with Crippen molar-refractivity contribution in [2.24, 2.45) is 0 Å². The normalized spacial score (nSPS) is 14.6. The molecule has 1 fully saturated rings. The number of sulfone groups is 1. The summed E-state index contributed by atoms with van der Waals surface area (Å²) >= 11 is 6.09. The van der Waals surface area contributed by atoms with Gasteiger partial charge in [0.05, 0.1) is 33.3 Å². The van der Waals surface area contributed by atoms with Gasteiger partial charge in [0.25, 0.3) is 5.91 Å². The number of benzene rings is 2.